The van der Waals surface area contributed by atoms with Crippen LogP contribution in [-0.2, 0) is 12.0 Å². The van der Waals surface area contributed by atoms with Crippen LogP contribution in [0.25, 0.3) is 0 Å². The summed E-state index contributed by atoms with van der Waals surface area (Å²) in [6, 6.07) is 14.5. The predicted octanol–water partition coefficient (Wildman–Crippen LogP) is 4.26. The fourth-order valence-electron chi connectivity index (χ4n) is 2.61. The summed E-state index contributed by atoms with van der Waals surface area (Å²) in [5.74, 6) is 0. The Labute approximate surface area is 144 Å². The van der Waals surface area contributed by atoms with Gasteiger partial charge in [0.15, 0.2) is 0 Å². The molecule has 1 N–H and O–H groups in total. The second-order valence-corrected chi connectivity index (χ2v) is 6.12. The first kappa shape index (κ1) is 15.9. The standard InChI is InChI=1S/C18H14Cl2N2O/c19-15-6-7-16(17(20)8-15)18(23,14-4-2-1-3-5-14)9-13-10-21-12-22-11-13/h1-8,10-12,23H,9H2. The van der Waals surface area contributed by atoms with E-state index in [4.69, 9.17) is 23.2 Å². The van der Waals surface area contributed by atoms with Gasteiger partial charge in [-0.2, -0.15) is 0 Å². The van der Waals surface area contributed by atoms with Crippen molar-refractivity contribution in [3.8, 4) is 0 Å². The molecule has 0 bridgehead atoms. The summed E-state index contributed by atoms with van der Waals surface area (Å²) in [6.07, 6.45) is 5.13. The zero-order valence-corrected chi connectivity index (χ0v) is 13.7. The highest BCUT2D eigenvalue weighted by Crippen LogP contribution is 2.38. The maximum absolute atomic E-state index is 11.5. The van der Waals surface area contributed by atoms with Gasteiger partial charge >= 0.3 is 0 Å². The number of benzene rings is 2. The van der Waals surface area contributed by atoms with Crippen molar-refractivity contribution in [1.29, 1.82) is 0 Å². The number of nitrogens with zero attached hydrogens (tertiary/aromatic N) is 2. The molecule has 0 radical (unpaired) electrons. The van der Waals surface area contributed by atoms with Crippen molar-refractivity contribution in [3.05, 3.63) is 94.0 Å². The SMILES string of the molecule is OC(Cc1cncnc1)(c1ccccc1)c1ccc(Cl)cc1Cl. The predicted molar refractivity (Wildman–Crippen MR) is 91.6 cm³/mol. The molecule has 0 amide bonds. The van der Waals surface area contributed by atoms with Gasteiger partial charge < -0.3 is 5.11 Å². The Morgan fingerprint density at radius 3 is 2.30 bits per heavy atom. The van der Waals surface area contributed by atoms with E-state index in [9.17, 15) is 5.11 Å². The zero-order chi connectivity index (χ0) is 16.3. The van der Waals surface area contributed by atoms with E-state index in [-0.39, 0.29) is 0 Å². The molecule has 1 aromatic heterocycles. The van der Waals surface area contributed by atoms with Crippen LogP contribution in [0.1, 0.15) is 16.7 Å². The summed E-state index contributed by atoms with van der Waals surface area (Å²) < 4.78 is 0. The molecular weight excluding hydrogens is 331 g/mol. The van der Waals surface area contributed by atoms with Gasteiger partial charge in [-0.05, 0) is 23.3 Å². The van der Waals surface area contributed by atoms with Gasteiger partial charge in [-0.1, -0.05) is 59.6 Å². The Balaban J connectivity index is 2.13. The summed E-state index contributed by atoms with van der Waals surface area (Å²) in [6.45, 7) is 0. The van der Waals surface area contributed by atoms with E-state index in [0.717, 1.165) is 11.1 Å². The minimum absolute atomic E-state index is 0.305. The zero-order valence-electron chi connectivity index (χ0n) is 12.2. The third-order valence-corrected chi connectivity index (χ3v) is 4.25. The van der Waals surface area contributed by atoms with E-state index in [1.165, 1.54) is 6.33 Å². The van der Waals surface area contributed by atoms with Gasteiger partial charge in [0.05, 0.1) is 0 Å². The molecule has 2 aromatic carbocycles. The average molecular weight is 345 g/mol. The number of aromatic nitrogens is 2. The molecule has 23 heavy (non-hydrogen) atoms. The minimum Gasteiger partial charge on any atom is -0.380 e. The second-order valence-electron chi connectivity index (χ2n) is 5.27. The van der Waals surface area contributed by atoms with E-state index in [2.05, 4.69) is 9.97 Å². The Morgan fingerprint density at radius 1 is 0.957 bits per heavy atom. The normalized spacial score (nSPS) is 13.5. The maximum atomic E-state index is 11.5. The Hall–Kier alpha value is -1.94. The first-order valence-electron chi connectivity index (χ1n) is 7.07. The van der Waals surface area contributed by atoms with Crippen LogP contribution in [0.2, 0.25) is 10.0 Å². The molecule has 3 nitrogen and oxygen atoms in total. The lowest BCUT2D eigenvalue weighted by Crippen LogP contribution is -2.30. The van der Waals surface area contributed by atoms with E-state index < -0.39 is 5.60 Å². The molecule has 1 heterocycles. The fourth-order valence-corrected chi connectivity index (χ4v) is 3.17. The molecule has 0 spiro atoms. The molecule has 116 valence electrons. The molecule has 0 aliphatic heterocycles. The molecular formula is C18H14Cl2N2O. The first-order chi connectivity index (χ1) is 11.1. The molecule has 0 saturated heterocycles. The van der Waals surface area contributed by atoms with Crippen LogP contribution in [0.5, 0.6) is 0 Å². The van der Waals surface area contributed by atoms with E-state index in [0.29, 0.717) is 22.0 Å². The summed E-state index contributed by atoms with van der Waals surface area (Å²) in [7, 11) is 0. The van der Waals surface area contributed by atoms with E-state index >= 15 is 0 Å². The van der Waals surface area contributed by atoms with Crippen LogP contribution in [0.3, 0.4) is 0 Å². The Bertz CT molecular complexity index is 797. The largest absolute Gasteiger partial charge is 0.380 e. The van der Waals surface area contributed by atoms with Gasteiger partial charge in [0.25, 0.3) is 0 Å². The van der Waals surface area contributed by atoms with Gasteiger partial charge in [-0.15, -0.1) is 0 Å². The quantitative estimate of drug-likeness (QED) is 0.768. The van der Waals surface area contributed by atoms with Crippen molar-refractivity contribution in [2.45, 2.75) is 12.0 Å². The molecule has 5 heteroatoms. The third-order valence-electron chi connectivity index (χ3n) is 3.70. The molecule has 3 aromatic rings. The van der Waals surface area contributed by atoms with Crippen molar-refractivity contribution in [2.75, 3.05) is 0 Å². The molecule has 0 aliphatic rings. The molecule has 0 aliphatic carbocycles. The number of rotatable bonds is 4. The first-order valence-corrected chi connectivity index (χ1v) is 7.82. The molecule has 0 saturated carbocycles. The maximum Gasteiger partial charge on any atom is 0.120 e. The lowest BCUT2D eigenvalue weighted by atomic mass is 9.82. The Kier molecular flexibility index (Phi) is 4.62. The fraction of sp³-hybridized carbons (Fsp3) is 0.111. The van der Waals surface area contributed by atoms with Crippen LogP contribution in [0.4, 0.5) is 0 Å². The van der Waals surface area contributed by atoms with Crippen LogP contribution < -0.4 is 0 Å². The summed E-state index contributed by atoms with van der Waals surface area (Å²) in [4.78, 5) is 8.03. The van der Waals surface area contributed by atoms with Crippen LogP contribution >= 0.6 is 23.2 Å². The van der Waals surface area contributed by atoms with Crippen molar-refractivity contribution < 1.29 is 5.11 Å². The van der Waals surface area contributed by atoms with E-state index in [1.54, 1.807) is 30.6 Å². The van der Waals surface area contributed by atoms with Gasteiger partial charge in [0.2, 0.25) is 0 Å². The topological polar surface area (TPSA) is 46.0 Å². The van der Waals surface area contributed by atoms with E-state index in [1.807, 2.05) is 30.3 Å². The Morgan fingerprint density at radius 2 is 1.65 bits per heavy atom. The van der Waals surface area contributed by atoms with Gasteiger partial charge in [0.1, 0.15) is 11.9 Å². The summed E-state index contributed by atoms with van der Waals surface area (Å²) in [5, 5.41) is 12.4. The highest BCUT2D eigenvalue weighted by molar-refractivity contribution is 6.35. The highest BCUT2D eigenvalue weighted by Gasteiger charge is 2.34. The molecule has 1 atom stereocenters. The molecule has 1 unspecified atom stereocenters. The number of hydrogen-bond donors (Lipinski definition) is 1. The average Bonchev–Trinajstić information content (AvgIpc) is 2.56. The molecule has 3 rings (SSSR count). The van der Waals surface area contributed by atoms with Crippen molar-refractivity contribution in [3.63, 3.8) is 0 Å². The van der Waals surface area contributed by atoms with Crippen molar-refractivity contribution >= 4 is 23.2 Å². The van der Waals surface area contributed by atoms with Gasteiger partial charge in [0, 0.05) is 34.4 Å². The monoisotopic (exact) mass is 344 g/mol. The van der Waals surface area contributed by atoms with Crippen molar-refractivity contribution in [1.82, 2.24) is 9.97 Å². The summed E-state index contributed by atoms with van der Waals surface area (Å²) in [5.41, 5.74) is 0.852. The lowest BCUT2D eigenvalue weighted by molar-refractivity contribution is 0.0810. The smallest absolute Gasteiger partial charge is 0.120 e. The third kappa shape index (κ3) is 3.37. The number of aliphatic hydroxyl groups is 1. The van der Waals surface area contributed by atoms with Gasteiger partial charge in [-0.25, -0.2) is 9.97 Å². The van der Waals surface area contributed by atoms with Crippen LogP contribution in [-0.4, -0.2) is 15.1 Å². The van der Waals surface area contributed by atoms with Crippen molar-refractivity contribution in [2.24, 2.45) is 0 Å². The summed E-state index contributed by atoms with van der Waals surface area (Å²) >= 11 is 12.3. The number of halogens is 2. The second kappa shape index (κ2) is 6.67. The minimum atomic E-state index is -1.30. The van der Waals surface area contributed by atoms with Crippen LogP contribution in [0.15, 0.2) is 67.3 Å². The van der Waals surface area contributed by atoms with Crippen LogP contribution in [0, 0.1) is 0 Å². The van der Waals surface area contributed by atoms with Gasteiger partial charge in [-0.3, -0.25) is 0 Å². The lowest BCUT2D eigenvalue weighted by Gasteiger charge is -2.30. The highest BCUT2D eigenvalue weighted by atomic mass is 35.5. The number of hydrogen-bond acceptors (Lipinski definition) is 3. The molecule has 0 fully saturated rings.